The van der Waals surface area contributed by atoms with Gasteiger partial charge in [0.1, 0.15) is 10.2 Å². The number of hydrogen-bond acceptors (Lipinski definition) is 6. The number of aromatic amines is 1. The van der Waals surface area contributed by atoms with E-state index in [0.29, 0.717) is 0 Å². The Morgan fingerprint density at radius 1 is 1.39 bits per heavy atom. The van der Waals surface area contributed by atoms with Crippen LogP contribution in [0.3, 0.4) is 0 Å². The van der Waals surface area contributed by atoms with Gasteiger partial charge in [0.05, 0.1) is 11.6 Å². The molecular formula is C11H12ClN2O7PS. The molecule has 0 fully saturated rings. The first-order valence-electron chi connectivity index (χ1n) is 6.12. The Labute approximate surface area is 135 Å². The predicted octanol–water partition coefficient (Wildman–Crippen LogP) is 0.696. The maximum Gasteiger partial charge on any atom is 0.364 e. The Hall–Kier alpha value is -1.26. The minimum Gasteiger partial charge on any atom is -0.321 e. The molecule has 126 valence electrons. The number of aromatic nitrogens is 1. The topological polar surface area (TPSA) is 146 Å². The van der Waals surface area contributed by atoms with Crippen molar-refractivity contribution in [2.75, 3.05) is 6.61 Å². The summed E-state index contributed by atoms with van der Waals surface area (Å²) in [6.45, 7) is 1.38. The van der Waals surface area contributed by atoms with E-state index in [9.17, 15) is 22.7 Å². The highest BCUT2D eigenvalue weighted by molar-refractivity contribution is 7.89. The van der Waals surface area contributed by atoms with Crippen LogP contribution in [0, 0.1) is 0 Å². The Bertz CT molecular complexity index is 972. The van der Waals surface area contributed by atoms with Crippen molar-refractivity contribution in [1.82, 2.24) is 9.87 Å². The second kappa shape index (κ2) is 6.33. The summed E-state index contributed by atoms with van der Waals surface area (Å²) < 4.78 is 40.0. The van der Waals surface area contributed by atoms with E-state index in [1.165, 1.54) is 6.92 Å². The van der Waals surface area contributed by atoms with Gasteiger partial charge in [-0.1, -0.05) is 16.5 Å². The molecule has 0 aliphatic rings. The second-order valence-corrected chi connectivity index (χ2v) is 8.20. The van der Waals surface area contributed by atoms with Gasteiger partial charge < -0.3 is 19.6 Å². The van der Waals surface area contributed by atoms with E-state index in [0.717, 1.165) is 23.1 Å². The summed E-state index contributed by atoms with van der Waals surface area (Å²) in [5.74, 6) is 0. The van der Waals surface area contributed by atoms with Crippen molar-refractivity contribution >= 4 is 45.4 Å². The normalized spacial score (nSPS) is 14.8. The highest BCUT2D eigenvalue weighted by atomic mass is 35.5. The fraction of sp³-hybridized carbons (Fsp3) is 0.182. The van der Waals surface area contributed by atoms with E-state index in [1.54, 1.807) is 0 Å². The number of fused-ring (bicyclic) bond motifs is 1. The van der Waals surface area contributed by atoms with Crippen LogP contribution in [-0.2, 0) is 19.1 Å². The van der Waals surface area contributed by atoms with Crippen LogP contribution < -0.4 is 15.7 Å². The van der Waals surface area contributed by atoms with E-state index in [2.05, 4.69) is 9.51 Å². The van der Waals surface area contributed by atoms with Gasteiger partial charge in [-0.25, -0.2) is 8.42 Å². The largest absolute Gasteiger partial charge is 0.364 e. The molecule has 1 aromatic heterocycles. The molecule has 0 amide bonds. The molecule has 0 saturated heterocycles. The Balaban J connectivity index is 2.79. The number of benzene rings is 1. The molecule has 12 heteroatoms. The van der Waals surface area contributed by atoms with Crippen molar-refractivity contribution in [1.29, 1.82) is 0 Å². The Morgan fingerprint density at radius 2 is 2.04 bits per heavy atom. The SMILES string of the molecule is CCOP(=O)(O)c1cc2cc(S(=O)(=O)NO)c(Cl)cc2[nH]c1=O. The lowest BCUT2D eigenvalue weighted by Crippen LogP contribution is -2.28. The van der Waals surface area contributed by atoms with E-state index in [-0.39, 0.29) is 22.5 Å². The third-order valence-electron chi connectivity index (χ3n) is 2.90. The first-order chi connectivity index (χ1) is 10.6. The number of nitrogens with one attached hydrogen (secondary N) is 2. The highest BCUT2D eigenvalue weighted by Crippen LogP contribution is 2.39. The lowest BCUT2D eigenvalue weighted by atomic mass is 10.2. The summed E-state index contributed by atoms with van der Waals surface area (Å²) in [5.41, 5.74) is -0.708. The van der Waals surface area contributed by atoms with Gasteiger partial charge in [-0.3, -0.25) is 9.36 Å². The van der Waals surface area contributed by atoms with Gasteiger partial charge in [0.25, 0.3) is 15.6 Å². The molecule has 0 aliphatic carbocycles. The summed E-state index contributed by atoms with van der Waals surface area (Å²) in [6, 6.07) is 3.23. The molecular weight excluding hydrogens is 371 g/mol. The lowest BCUT2D eigenvalue weighted by molar-refractivity contribution is 0.242. The Morgan fingerprint density at radius 3 is 2.61 bits per heavy atom. The standard InChI is InChI=1S/C11H12ClN2O7PS/c1-2-21-22(17,18)9-3-6-4-10(23(19,20)14-16)7(12)5-8(6)13-11(9)15/h3-5,14,16H,2H2,1H3,(H,13,15)(H,17,18). The maximum atomic E-state index is 12.0. The van der Waals surface area contributed by atoms with Crippen LogP contribution in [0.25, 0.3) is 10.9 Å². The average molecular weight is 383 g/mol. The molecule has 2 rings (SSSR count). The van der Waals surface area contributed by atoms with Crippen LogP contribution in [-0.4, -0.2) is 30.1 Å². The average Bonchev–Trinajstić information content (AvgIpc) is 2.45. The molecule has 0 spiro atoms. The van der Waals surface area contributed by atoms with Crippen LogP contribution in [0.4, 0.5) is 0 Å². The van der Waals surface area contributed by atoms with E-state index in [4.69, 9.17) is 16.8 Å². The number of H-pyrrole nitrogens is 1. The third-order valence-corrected chi connectivity index (χ3v) is 6.03. The molecule has 1 unspecified atom stereocenters. The summed E-state index contributed by atoms with van der Waals surface area (Å²) in [4.78, 5) is 24.7. The first kappa shape index (κ1) is 18.1. The molecule has 0 bridgehead atoms. The van der Waals surface area contributed by atoms with E-state index in [1.807, 2.05) is 0 Å². The van der Waals surface area contributed by atoms with Crippen molar-refractivity contribution in [3.8, 4) is 0 Å². The van der Waals surface area contributed by atoms with Crippen molar-refractivity contribution in [3.63, 3.8) is 0 Å². The van der Waals surface area contributed by atoms with Gasteiger partial charge in [-0.15, -0.1) is 0 Å². The van der Waals surface area contributed by atoms with Crippen LogP contribution in [0.15, 0.2) is 27.9 Å². The number of hydrogen-bond donors (Lipinski definition) is 4. The lowest BCUT2D eigenvalue weighted by Gasteiger charge is -2.12. The quantitative estimate of drug-likeness (QED) is 0.439. The molecule has 1 aromatic carbocycles. The maximum absolute atomic E-state index is 12.0. The van der Waals surface area contributed by atoms with Gasteiger partial charge in [-0.2, -0.15) is 0 Å². The third kappa shape index (κ3) is 3.48. The van der Waals surface area contributed by atoms with Crippen molar-refractivity contribution in [3.05, 3.63) is 33.6 Å². The fourth-order valence-electron chi connectivity index (χ4n) is 1.91. The fourth-order valence-corrected chi connectivity index (χ4v) is 4.17. The molecule has 23 heavy (non-hydrogen) atoms. The molecule has 2 aromatic rings. The zero-order chi connectivity index (χ0) is 17.4. The molecule has 4 N–H and O–H groups in total. The molecule has 1 heterocycles. The van der Waals surface area contributed by atoms with E-state index < -0.39 is 33.4 Å². The van der Waals surface area contributed by atoms with Gasteiger partial charge in [0.2, 0.25) is 0 Å². The van der Waals surface area contributed by atoms with Crippen molar-refractivity contribution < 1.29 is 27.6 Å². The second-order valence-electron chi connectivity index (χ2n) is 4.39. The monoisotopic (exact) mass is 382 g/mol. The molecule has 1 atom stereocenters. The number of halogens is 1. The minimum absolute atomic E-state index is 0.0973. The highest BCUT2D eigenvalue weighted by Gasteiger charge is 2.27. The smallest absolute Gasteiger partial charge is 0.321 e. The molecule has 0 saturated carbocycles. The van der Waals surface area contributed by atoms with Crippen LogP contribution >= 0.6 is 19.2 Å². The zero-order valence-corrected chi connectivity index (χ0v) is 14.1. The minimum atomic E-state index is -4.35. The van der Waals surface area contributed by atoms with Gasteiger partial charge in [-0.05, 0) is 25.1 Å². The van der Waals surface area contributed by atoms with Crippen LogP contribution in [0.2, 0.25) is 5.02 Å². The number of rotatable bonds is 5. The molecule has 0 aliphatic heterocycles. The zero-order valence-electron chi connectivity index (χ0n) is 11.6. The van der Waals surface area contributed by atoms with Crippen LogP contribution in [0.1, 0.15) is 6.92 Å². The Kier molecular flexibility index (Phi) is 4.97. The molecule has 9 nitrogen and oxygen atoms in total. The predicted molar refractivity (Wildman–Crippen MR) is 82.8 cm³/mol. The van der Waals surface area contributed by atoms with E-state index >= 15 is 0 Å². The van der Waals surface area contributed by atoms with Crippen molar-refractivity contribution in [2.45, 2.75) is 11.8 Å². The molecule has 0 radical (unpaired) electrons. The van der Waals surface area contributed by atoms with Crippen molar-refractivity contribution in [2.24, 2.45) is 0 Å². The summed E-state index contributed by atoms with van der Waals surface area (Å²) in [5, 5.41) is 8.02. The number of sulfonamides is 1. The van der Waals surface area contributed by atoms with Gasteiger partial charge in [0, 0.05) is 10.9 Å². The first-order valence-corrected chi connectivity index (χ1v) is 9.56. The summed E-state index contributed by atoms with van der Waals surface area (Å²) >= 11 is 5.82. The summed E-state index contributed by atoms with van der Waals surface area (Å²) in [6.07, 6.45) is 0. The summed E-state index contributed by atoms with van der Waals surface area (Å²) in [7, 11) is -8.62. The van der Waals surface area contributed by atoms with Gasteiger partial charge >= 0.3 is 7.60 Å². The number of pyridine rings is 1. The van der Waals surface area contributed by atoms with Crippen LogP contribution in [0.5, 0.6) is 0 Å². The van der Waals surface area contributed by atoms with Gasteiger partial charge in [0.15, 0.2) is 0 Å².